The van der Waals surface area contributed by atoms with Gasteiger partial charge >= 0.3 is 0 Å². The Balaban J connectivity index is 2.34. The number of carbonyl (C=O) groups is 1. The van der Waals surface area contributed by atoms with Crippen LogP contribution in [0.25, 0.3) is 0 Å². The van der Waals surface area contributed by atoms with Crippen LogP contribution < -0.4 is 4.90 Å². The molecule has 0 spiro atoms. The Morgan fingerprint density at radius 2 is 2.17 bits per heavy atom. The summed E-state index contributed by atoms with van der Waals surface area (Å²) in [6.45, 7) is 3.69. The lowest BCUT2D eigenvalue weighted by atomic mass is 10.1. The summed E-state index contributed by atoms with van der Waals surface area (Å²) in [5.41, 5.74) is 0.670. The highest BCUT2D eigenvalue weighted by atomic mass is 32.1. The summed E-state index contributed by atoms with van der Waals surface area (Å²) in [4.78, 5) is 19.3. The number of hydrogen-bond acceptors (Lipinski definition) is 4. The lowest BCUT2D eigenvalue weighted by Crippen LogP contribution is -2.23. The SMILES string of the molecule is CC(=O)c1cccnc1N(C)C(C)c1cccs1. The summed E-state index contributed by atoms with van der Waals surface area (Å²) in [7, 11) is 1.97. The normalized spacial score (nSPS) is 12.2. The van der Waals surface area contributed by atoms with Crippen LogP contribution in [0.4, 0.5) is 5.82 Å². The fourth-order valence-corrected chi connectivity index (χ4v) is 2.68. The van der Waals surface area contributed by atoms with E-state index in [0.717, 1.165) is 5.82 Å². The van der Waals surface area contributed by atoms with E-state index >= 15 is 0 Å². The van der Waals surface area contributed by atoms with Gasteiger partial charge in [0.15, 0.2) is 5.78 Å². The lowest BCUT2D eigenvalue weighted by molar-refractivity contribution is 0.101. The summed E-state index contributed by atoms with van der Waals surface area (Å²) in [5.74, 6) is 0.786. The summed E-state index contributed by atoms with van der Waals surface area (Å²) in [5, 5.41) is 2.06. The van der Waals surface area contributed by atoms with Gasteiger partial charge < -0.3 is 4.90 Å². The summed E-state index contributed by atoms with van der Waals surface area (Å²) >= 11 is 1.71. The van der Waals surface area contributed by atoms with Crippen LogP contribution in [0.3, 0.4) is 0 Å². The Morgan fingerprint density at radius 1 is 1.39 bits per heavy atom. The fourth-order valence-electron chi connectivity index (χ4n) is 1.86. The van der Waals surface area contributed by atoms with E-state index < -0.39 is 0 Å². The van der Waals surface area contributed by atoms with E-state index in [2.05, 4.69) is 23.4 Å². The number of ketones is 1. The zero-order valence-corrected chi connectivity index (χ0v) is 11.6. The summed E-state index contributed by atoms with van der Waals surface area (Å²) in [6, 6.07) is 7.96. The zero-order chi connectivity index (χ0) is 13.1. The van der Waals surface area contributed by atoms with Crippen molar-refractivity contribution in [1.29, 1.82) is 0 Å². The Labute approximate surface area is 111 Å². The molecule has 18 heavy (non-hydrogen) atoms. The Kier molecular flexibility index (Phi) is 3.77. The van der Waals surface area contributed by atoms with Gasteiger partial charge in [-0.15, -0.1) is 11.3 Å². The number of Topliss-reactive ketones (excluding diaryl/α,β-unsaturated/α-hetero) is 1. The van der Waals surface area contributed by atoms with E-state index in [0.29, 0.717) is 5.56 Å². The molecule has 0 aliphatic rings. The molecule has 0 saturated heterocycles. The molecule has 0 aromatic carbocycles. The second-order valence-corrected chi connectivity index (χ2v) is 5.21. The predicted octanol–water partition coefficient (Wildman–Crippen LogP) is 3.54. The minimum Gasteiger partial charge on any atom is -0.352 e. The quantitative estimate of drug-likeness (QED) is 0.788. The van der Waals surface area contributed by atoms with Crippen LogP contribution in [-0.2, 0) is 0 Å². The molecule has 94 valence electrons. The molecule has 0 aliphatic heterocycles. The molecule has 2 aromatic heterocycles. The van der Waals surface area contributed by atoms with Gasteiger partial charge in [0, 0.05) is 18.1 Å². The van der Waals surface area contributed by atoms with Crippen LogP contribution in [-0.4, -0.2) is 17.8 Å². The van der Waals surface area contributed by atoms with E-state index in [1.165, 1.54) is 4.88 Å². The maximum atomic E-state index is 11.6. The van der Waals surface area contributed by atoms with Crippen molar-refractivity contribution in [2.45, 2.75) is 19.9 Å². The van der Waals surface area contributed by atoms with Crippen LogP contribution in [0.5, 0.6) is 0 Å². The molecule has 1 unspecified atom stereocenters. The highest BCUT2D eigenvalue weighted by molar-refractivity contribution is 7.10. The fraction of sp³-hybridized carbons (Fsp3) is 0.286. The van der Waals surface area contributed by atoms with Gasteiger partial charge in [0.25, 0.3) is 0 Å². The minimum absolute atomic E-state index is 0.0447. The van der Waals surface area contributed by atoms with Gasteiger partial charge in [0.05, 0.1) is 11.6 Å². The number of aromatic nitrogens is 1. The van der Waals surface area contributed by atoms with Crippen molar-refractivity contribution in [3.05, 3.63) is 46.3 Å². The molecule has 0 saturated carbocycles. The van der Waals surface area contributed by atoms with Gasteiger partial charge in [0.1, 0.15) is 5.82 Å². The van der Waals surface area contributed by atoms with Crippen molar-refractivity contribution in [1.82, 2.24) is 4.98 Å². The Morgan fingerprint density at radius 3 is 2.78 bits per heavy atom. The third-order valence-electron chi connectivity index (χ3n) is 3.04. The largest absolute Gasteiger partial charge is 0.352 e. The van der Waals surface area contributed by atoms with E-state index in [-0.39, 0.29) is 11.8 Å². The maximum absolute atomic E-state index is 11.6. The van der Waals surface area contributed by atoms with Gasteiger partial charge in [0.2, 0.25) is 0 Å². The highest BCUT2D eigenvalue weighted by Crippen LogP contribution is 2.28. The minimum atomic E-state index is 0.0447. The first-order chi connectivity index (χ1) is 8.61. The average Bonchev–Trinajstić information content (AvgIpc) is 2.90. The van der Waals surface area contributed by atoms with Crippen molar-refractivity contribution in [3.63, 3.8) is 0 Å². The van der Waals surface area contributed by atoms with Crippen molar-refractivity contribution < 1.29 is 4.79 Å². The molecule has 3 nitrogen and oxygen atoms in total. The van der Waals surface area contributed by atoms with Gasteiger partial charge in [-0.3, -0.25) is 4.79 Å². The summed E-state index contributed by atoms with van der Waals surface area (Å²) < 4.78 is 0. The molecule has 0 radical (unpaired) electrons. The molecule has 0 bridgehead atoms. The smallest absolute Gasteiger partial charge is 0.163 e. The van der Waals surface area contributed by atoms with Gasteiger partial charge in [-0.25, -0.2) is 4.98 Å². The van der Waals surface area contributed by atoms with Crippen LogP contribution >= 0.6 is 11.3 Å². The lowest BCUT2D eigenvalue weighted by Gasteiger charge is -2.26. The van der Waals surface area contributed by atoms with E-state index in [1.807, 2.05) is 24.1 Å². The van der Waals surface area contributed by atoms with Crippen molar-refractivity contribution >= 4 is 22.9 Å². The first-order valence-electron chi connectivity index (χ1n) is 5.83. The number of nitrogens with zero attached hydrogens (tertiary/aromatic N) is 2. The van der Waals surface area contributed by atoms with Crippen molar-refractivity contribution in [2.75, 3.05) is 11.9 Å². The molecule has 0 aliphatic carbocycles. The van der Waals surface area contributed by atoms with Crippen molar-refractivity contribution in [2.24, 2.45) is 0 Å². The van der Waals surface area contributed by atoms with Gasteiger partial charge in [-0.1, -0.05) is 6.07 Å². The number of carbonyl (C=O) groups excluding carboxylic acids is 1. The highest BCUT2D eigenvalue weighted by Gasteiger charge is 2.18. The number of rotatable bonds is 4. The van der Waals surface area contributed by atoms with Crippen LogP contribution in [0.15, 0.2) is 35.8 Å². The first kappa shape index (κ1) is 12.8. The molecule has 4 heteroatoms. The van der Waals surface area contributed by atoms with Crippen molar-refractivity contribution in [3.8, 4) is 0 Å². The first-order valence-corrected chi connectivity index (χ1v) is 6.71. The van der Waals surface area contributed by atoms with E-state index in [4.69, 9.17) is 0 Å². The van der Waals surface area contributed by atoms with Crippen LogP contribution in [0, 0.1) is 0 Å². The van der Waals surface area contributed by atoms with E-state index in [9.17, 15) is 4.79 Å². The van der Waals surface area contributed by atoms with Crippen LogP contribution in [0.1, 0.15) is 35.1 Å². The molecular formula is C14H16N2OS. The number of pyridine rings is 1. The zero-order valence-electron chi connectivity index (χ0n) is 10.8. The predicted molar refractivity (Wildman–Crippen MR) is 75.4 cm³/mol. The molecule has 1 atom stereocenters. The second kappa shape index (κ2) is 5.31. The molecule has 0 N–H and O–H groups in total. The third-order valence-corrected chi connectivity index (χ3v) is 4.08. The molecule has 2 heterocycles. The molecule has 0 amide bonds. The topological polar surface area (TPSA) is 33.2 Å². The second-order valence-electron chi connectivity index (χ2n) is 4.23. The molecule has 0 fully saturated rings. The standard InChI is InChI=1S/C14H16N2OS/c1-10(13-7-5-9-18-13)16(3)14-12(11(2)17)6-4-8-15-14/h4-10H,1-3H3. The maximum Gasteiger partial charge on any atom is 0.163 e. The number of hydrogen-bond donors (Lipinski definition) is 0. The molecular weight excluding hydrogens is 244 g/mol. The Hall–Kier alpha value is -1.68. The number of anilines is 1. The molecule has 2 rings (SSSR count). The Bertz CT molecular complexity index is 536. The van der Waals surface area contributed by atoms with Gasteiger partial charge in [-0.05, 0) is 37.4 Å². The number of thiophene rings is 1. The van der Waals surface area contributed by atoms with Gasteiger partial charge in [-0.2, -0.15) is 0 Å². The summed E-state index contributed by atoms with van der Waals surface area (Å²) in [6.07, 6.45) is 1.72. The van der Waals surface area contributed by atoms with Crippen LogP contribution in [0.2, 0.25) is 0 Å². The monoisotopic (exact) mass is 260 g/mol. The molecule has 2 aromatic rings. The average molecular weight is 260 g/mol. The van der Waals surface area contributed by atoms with E-state index in [1.54, 1.807) is 30.5 Å². The third kappa shape index (κ3) is 2.43.